The van der Waals surface area contributed by atoms with Crippen LogP contribution in [0.3, 0.4) is 0 Å². The van der Waals surface area contributed by atoms with Crippen LogP contribution in [0.2, 0.25) is 0 Å². The number of aryl methyl sites for hydroxylation is 1. The summed E-state index contributed by atoms with van der Waals surface area (Å²) in [5.74, 6) is 0.752. The molecule has 1 aromatic heterocycles. The Kier molecular flexibility index (Phi) is 4.69. The number of piperidine rings is 1. The standard InChI is InChI=1S/C20H29N3O2/c1-3-25-13-15-11-17(12-15)22-8-6-16(7-9-22)23-19-10-14(2)4-5-18(19)21-20(23)24/h4-5,10,15-17H,3,6-9,11-13H2,1-2H3,(H,21,24). The van der Waals surface area contributed by atoms with Crippen molar-refractivity contribution in [1.82, 2.24) is 14.5 Å². The number of aromatic amines is 1. The molecule has 1 aromatic carbocycles. The van der Waals surface area contributed by atoms with Gasteiger partial charge in [-0.1, -0.05) is 6.07 Å². The van der Waals surface area contributed by atoms with Gasteiger partial charge >= 0.3 is 5.69 Å². The molecular weight excluding hydrogens is 314 g/mol. The summed E-state index contributed by atoms with van der Waals surface area (Å²) in [6.07, 6.45) is 4.68. The SMILES string of the molecule is CCOCC1CC(N2CCC(n3c(=O)[nH]c4ccc(C)cc43)CC2)C1. The summed E-state index contributed by atoms with van der Waals surface area (Å²) in [5, 5.41) is 0. The van der Waals surface area contributed by atoms with E-state index in [-0.39, 0.29) is 5.69 Å². The third kappa shape index (κ3) is 3.27. The predicted molar refractivity (Wildman–Crippen MR) is 100 cm³/mol. The first-order chi connectivity index (χ1) is 12.2. The minimum absolute atomic E-state index is 0.0412. The Labute approximate surface area is 149 Å². The second-order valence-corrected chi connectivity index (χ2v) is 7.74. The zero-order valence-corrected chi connectivity index (χ0v) is 15.3. The zero-order chi connectivity index (χ0) is 17.4. The number of imidazole rings is 1. The Bertz CT molecular complexity index is 780. The fourth-order valence-electron chi connectivity index (χ4n) is 4.52. The van der Waals surface area contributed by atoms with E-state index in [1.165, 1.54) is 18.4 Å². The van der Waals surface area contributed by atoms with Crippen molar-refractivity contribution in [2.45, 2.75) is 51.6 Å². The van der Waals surface area contributed by atoms with Crippen molar-refractivity contribution in [2.75, 3.05) is 26.3 Å². The van der Waals surface area contributed by atoms with Gasteiger partial charge in [-0.15, -0.1) is 0 Å². The lowest BCUT2D eigenvalue weighted by Gasteiger charge is -2.45. The number of ether oxygens (including phenoxy) is 1. The Morgan fingerprint density at radius 1 is 1.20 bits per heavy atom. The monoisotopic (exact) mass is 343 g/mol. The molecule has 0 spiro atoms. The number of nitrogens with zero attached hydrogens (tertiary/aromatic N) is 2. The Balaban J connectivity index is 1.39. The van der Waals surface area contributed by atoms with E-state index < -0.39 is 0 Å². The maximum atomic E-state index is 12.5. The van der Waals surface area contributed by atoms with Crippen molar-refractivity contribution in [3.05, 3.63) is 34.2 Å². The number of hydrogen-bond donors (Lipinski definition) is 1. The Morgan fingerprint density at radius 2 is 1.96 bits per heavy atom. The van der Waals surface area contributed by atoms with Crippen molar-refractivity contribution in [3.63, 3.8) is 0 Å². The van der Waals surface area contributed by atoms with Crippen LogP contribution in [0.15, 0.2) is 23.0 Å². The van der Waals surface area contributed by atoms with E-state index in [4.69, 9.17) is 4.74 Å². The largest absolute Gasteiger partial charge is 0.381 e. The van der Waals surface area contributed by atoms with Crippen molar-refractivity contribution >= 4 is 11.0 Å². The number of rotatable bonds is 5. The van der Waals surface area contributed by atoms with Crippen molar-refractivity contribution in [2.24, 2.45) is 5.92 Å². The third-order valence-electron chi connectivity index (χ3n) is 6.02. The number of fused-ring (bicyclic) bond motifs is 1. The number of H-pyrrole nitrogens is 1. The molecule has 1 aliphatic carbocycles. The van der Waals surface area contributed by atoms with Crippen LogP contribution < -0.4 is 5.69 Å². The molecule has 0 bridgehead atoms. The Morgan fingerprint density at radius 3 is 2.68 bits per heavy atom. The first kappa shape index (κ1) is 16.9. The number of nitrogens with one attached hydrogen (secondary N) is 1. The van der Waals surface area contributed by atoms with Crippen LogP contribution in [0.4, 0.5) is 0 Å². The molecule has 0 unspecified atom stereocenters. The van der Waals surface area contributed by atoms with E-state index in [2.05, 4.69) is 35.9 Å². The van der Waals surface area contributed by atoms with Crippen LogP contribution in [0.25, 0.3) is 11.0 Å². The zero-order valence-electron chi connectivity index (χ0n) is 15.3. The second kappa shape index (κ2) is 6.96. The summed E-state index contributed by atoms with van der Waals surface area (Å²) in [7, 11) is 0. The van der Waals surface area contributed by atoms with Crippen LogP contribution in [-0.2, 0) is 4.74 Å². The van der Waals surface area contributed by atoms with Gasteiger partial charge in [0.2, 0.25) is 0 Å². The fourth-order valence-corrected chi connectivity index (χ4v) is 4.52. The molecule has 1 saturated heterocycles. The molecule has 1 N–H and O–H groups in total. The van der Waals surface area contributed by atoms with E-state index >= 15 is 0 Å². The van der Waals surface area contributed by atoms with Crippen LogP contribution in [-0.4, -0.2) is 46.8 Å². The summed E-state index contributed by atoms with van der Waals surface area (Å²) in [6, 6.07) is 7.25. The van der Waals surface area contributed by atoms with Gasteiger partial charge in [0.25, 0.3) is 0 Å². The number of benzene rings is 1. The summed E-state index contributed by atoms with van der Waals surface area (Å²) in [6.45, 7) is 8.09. The van der Waals surface area contributed by atoms with E-state index in [0.29, 0.717) is 6.04 Å². The van der Waals surface area contributed by atoms with Crippen molar-refractivity contribution in [1.29, 1.82) is 0 Å². The maximum absolute atomic E-state index is 12.5. The van der Waals surface area contributed by atoms with Gasteiger partial charge < -0.3 is 14.6 Å². The second-order valence-electron chi connectivity index (χ2n) is 7.74. The van der Waals surface area contributed by atoms with Crippen molar-refractivity contribution < 1.29 is 4.74 Å². The average Bonchev–Trinajstić information content (AvgIpc) is 2.89. The van der Waals surface area contributed by atoms with Crippen LogP contribution in [0, 0.1) is 12.8 Å². The summed E-state index contributed by atoms with van der Waals surface area (Å²) >= 11 is 0. The molecule has 2 aliphatic rings. The summed E-state index contributed by atoms with van der Waals surface area (Å²) in [4.78, 5) is 18.1. The highest BCUT2D eigenvalue weighted by Gasteiger charge is 2.35. The normalized spacial score (nSPS) is 25.4. The van der Waals surface area contributed by atoms with E-state index in [1.54, 1.807) is 0 Å². The molecule has 0 atom stereocenters. The van der Waals surface area contributed by atoms with Gasteiger partial charge in [-0.05, 0) is 63.1 Å². The van der Waals surface area contributed by atoms with E-state index in [0.717, 1.165) is 62.1 Å². The lowest BCUT2D eigenvalue weighted by atomic mass is 9.79. The molecule has 2 heterocycles. The maximum Gasteiger partial charge on any atom is 0.326 e. The number of likely N-dealkylation sites (tertiary alicyclic amines) is 1. The van der Waals surface area contributed by atoms with Gasteiger partial charge in [0.05, 0.1) is 11.0 Å². The molecule has 2 aromatic rings. The molecule has 1 aliphatic heterocycles. The van der Waals surface area contributed by atoms with E-state index in [1.807, 2.05) is 10.6 Å². The van der Waals surface area contributed by atoms with Gasteiger partial charge in [0.1, 0.15) is 0 Å². The van der Waals surface area contributed by atoms with Gasteiger partial charge in [-0.3, -0.25) is 4.57 Å². The van der Waals surface area contributed by atoms with Gasteiger partial charge in [0.15, 0.2) is 0 Å². The highest BCUT2D eigenvalue weighted by molar-refractivity contribution is 5.76. The molecule has 1 saturated carbocycles. The smallest absolute Gasteiger partial charge is 0.326 e. The Hall–Kier alpha value is -1.59. The molecular formula is C20H29N3O2. The highest BCUT2D eigenvalue weighted by Crippen LogP contribution is 2.35. The third-order valence-corrected chi connectivity index (χ3v) is 6.02. The van der Waals surface area contributed by atoms with Gasteiger partial charge in [-0.2, -0.15) is 0 Å². The van der Waals surface area contributed by atoms with E-state index in [9.17, 15) is 4.79 Å². The number of hydrogen-bond acceptors (Lipinski definition) is 3. The topological polar surface area (TPSA) is 50.3 Å². The lowest BCUT2D eigenvalue weighted by molar-refractivity contribution is 0.00463. The molecule has 136 valence electrons. The quantitative estimate of drug-likeness (QED) is 0.908. The van der Waals surface area contributed by atoms with Crippen LogP contribution >= 0.6 is 0 Å². The lowest BCUT2D eigenvalue weighted by Crippen LogP contribution is -2.49. The molecule has 5 nitrogen and oxygen atoms in total. The van der Waals surface area contributed by atoms with Crippen LogP contribution in [0.1, 0.15) is 44.2 Å². The van der Waals surface area contributed by atoms with Crippen molar-refractivity contribution in [3.8, 4) is 0 Å². The fraction of sp³-hybridized carbons (Fsp3) is 0.650. The average molecular weight is 343 g/mol. The first-order valence-electron chi connectivity index (χ1n) is 9.68. The molecule has 25 heavy (non-hydrogen) atoms. The molecule has 4 rings (SSSR count). The summed E-state index contributed by atoms with van der Waals surface area (Å²) in [5.41, 5.74) is 3.26. The molecule has 2 fully saturated rings. The molecule has 5 heteroatoms. The summed E-state index contributed by atoms with van der Waals surface area (Å²) < 4.78 is 7.54. The minimum atomic E-state index is 0.0412. The van der Waals surface area contributed by atoms with Gasteiger partial charge in [0, 0.05) is 38.4 Å². The molecule has 0 amide bonds. The van der Waals surface area contributed by atoms with Gasteiger partial charge in [-0.25, -0.2) is 4.79 Å². The minimum Gasteiger partial charge on any atom is -0.381 e. The molecule has 0 radical (unpaired) electrons. The number of aromatic nitrogens is 2. The van der Waals surface area contributed by atoms with Crippen LogP contribution in [0.5, 0.6) is 0 Å². The first-order valence-corrected chi connectivity index (χ1v) is 9.68. The predicted octanol–water partition coefficient (Wildman–Crippen LogP) is 3.09. The highest BCUT2D eigenvalue weighted by atomic mass is 16.5.